The Morgan fingerprint density at radius 3 is 1.67 bits per heavy atom. The van der Waals surface area contributed by atoms with Gasteiger partial charge in [0, 0.05) is 11.1 Å². The first-order valence-corrected chi connectivity index (χ1v) is 8.55. The van der Waals surface area contributed by atoms with Crippen LogP contribution in [0.3, 0.4) is 0 Å². The Morgan fingerprint density at radius 1 is 0.481 bits per heavy atom. The molecule has 0 aliphatic heterocycles. The van der Waals surface area contributed by atoms with E-state index in [1.165, 1.54) is 0 Å². The monoisotopic (exact) mass is 351 g/mol. The lowest BCUT2D eigenvalue weighted by atomic mass is 10.1. The number of nitrogens with zero attached hydrogens (tertiary/aromatic N) is 4. The van der Waals surface area contributed by atoms with Gasteiger partial charge in [-0.05, 0) is 60.0 Å². The van der Waals surface area contributed by atoms with E-state index in [0.29, 0.717) is 5.69 Å². The maximum Gasteiger partial charge on any atom is 0.0935 e. The Hall–Kier alpha value is -3.86. The van der Waals surface area contributed by atoms with Gasteiger partial charge in [0.2, 0.25) is 0 Å². The van der Waals surface area contributed by atoms with E-state index in [9.17, 15) is 0 Å². The summed E-state index contributed by atoms with van der Waals surface area (Å²) in [6, 6.07) is 28.8. The standard InChI is InChI=1S/C22H17N5/c23-17-8-10-18(11-9-17)24-25-19-12-14-20(15-13-19)26-27-22-7-3-5-16-4-1-2-6-21(16)22/h1-15H,23H2. The van der Waals surface area contributed by atoms with Gasteiger partial charge in [-0.1, -0.05) is 36.4 Å². The van der Waals surface area contributed by atoms with E-state index in [2.05, 4.69) is 32.6 Å². The molecule has 5 heteroatoms. The van der Waals surface area contributed by atoms with Crippen molar-refractivity contribution >= 4 is 39.2 Å². The molecule has 0 aliphatic carbocycles. The van der Waals surface area contributed by atoms with Gasteiger partial charge in [-0.25, -0.2) is 0 Å². The molecule has 0 heterocycles. The fourth-order valence-electron chi connectivity index (χ4n) is 2.65. The number of fused-ring (bicyclic) bond motifs is 1. The van der Waals surface area contributed by atoms with Crippen LogP contribution in [0.4, 0.5) is 28.4 Å². The fraction of sp³-hybridized carbons (Fsp3) is 0. The van der Waals surface area contributed by atoms with E-state index in [4.69, 9.17) is 5.73 Å². The second-order valence-corrected chi connectivity index (χ2v) is 6.01. The van der Waals surface area contributed by atoms with Crippen LogP contribution >= 0.6 is 0 Å². The molecule has 0 aromatic heterocycles. The number of hydrogen-bond acceptors (Lipinski definition) is 5. The average Bonchev–Trinajstić information content (AvgIpc) is 2.72. The number of nitrogens with two attached hydrogens (primary N) is 1. The highest BCUT2D eigenvalue weighted by Gasteiger charge is 1.99. The third-order valence-electron chi connectivity index (χ3n) is 4.06. The average molecular weight is 351 g/mol. The molecule has 0 atom stereocenters. The fourth-order valence-corrected chi connectivity index (χ4v) is 2.65. The molecule has 0 unspecified atom stereocenters. The number of anilines is 1. The largest absolute Gasteiger partial charge is 0.399 e. The van der Waals surface area contributed by atoms with E-state index in [1.54, 1.807) is 12.1 Å². The van der Waals surface area contributed by atoms with Gasteiger partial charge in [0.1, 0.15) is 0 Å². The molecule has 2 N–H and O–H groups in total. The summed E-state index contributed by atoms with van der Waals surface area (Å²) in [5, 5.41) is 19.4. The Balaban J connectivity index is 1.50. The number of azo groups is 2. The molecule has 27 heavy (non-hydrogen) atoms. The summed E-state index contributed by atoms with van der Waals surface area (Å²) in [7, 11) is 0. The molecule has 0 saturated heterocycles. The summed E-state index contributed by atoms with van der Waals surface area (Å²) in [6.45, 7) is 0. The molecule has 0 saturated carbocycles. The minimum Gasteiger partial charge on any atom is -0.399 e. The van der Waals surface area contributed by atoms with Crippen molar-refractivity contribution in [3.63, 3.8) is 0 Å². The minimum absolute atomic E-state index is 0.704. The van der Waals surface area contributed by atoms with Crippen LogP contribution in [0.2, 0.25) is 0 Å². The maximum absolute atomic E-state index is 5.66. The molecule has 0 spiro atoms. The zero-order valence-corrected chi connectivity index (χ0v) is 14.5. The number of nitrogen functional groups attached to an aromatic ring is 1. The molecule has 0 radical (unpaired) electrons. The van der Waals surface area contributed by atoms with Gasteiger partial charge in [0.05, 0.1) is 22.7 Å². The van der Waals surface area contributed by atoms with Crippen LogP contribution < -0.4 is 5.73 Å². The van der Waals surface area contributed by atoms with Crippen LogP contribution in [0.15, 0.2) is 111 Å². The summed E-state index contributed by atoms with van der Waals surface area (Å²) in [6.07, 6.45) is 0. The molecular formula is C22H17N5. The van der Waals surface area contributed by atoms with E-state index >= 15 is 0 Å². The number of rotatable bonds is 4. The Morgan fingerprint density at radius 2 is 1.00 bits per heavy atom. The molecule has 0 aliphatic rings. The van der Waals surface area contributed by atoms with Gasteiger partial charge in [0.15, 0.2) is 0 Å². The van der Waals surface area contributed by atoms with Crippen LogP contribution in [-0.4, -0.2) is 0 Å². The zero-order valence-electron chi connectivity index (χ0n) is 14.5. The predicted molar refractivity (Wildman–Crippen MR) is 110 cm³/mol. The Bertz CT molecular complexity index is 1110. The van der Waals surface area contributed by atoms with Crippen molar-refractivity contribution in [1.29, 1.82) is 0 Å². The molecule has 0 amide bonds. The molecule has 130 valence electrons. The molecule has 4 aromatic rings. The van der Waals surface area contributed by atoms with Crippen LogP contribution in [0.1, 0.15) is 0 Å². The minimum atomic E-state index is 0.704. The molecule has 5 nitrogen and oxygen atoms in total. The first kappa shape index (κ1) is 16.6. The second-order valence-electron chi connectivity index (χ2n) is 6.01. The lowest BCUT2D eigenvalue weighted by Gasteiger charge is -2.00. The van der Waals surface area contributed by atoms with Gasteiger partial charge in [-0.3, -0.25) is 0 Å². The zero-order chi connectivity index (χ0) is 18.5. The molecule has 0 bridgehead atoms. The number of hydrogen-bond donors (Lipinski definition) is 1. The van der Waals surface area contributed by atoms with Gasteiger partial charge in [-0.15, -0.1) is 5.11 Å². The van der Waals surface area contributed by atoms with Crippen LogP contribution in [0, 0.1) is 0 Å². The summed E-state index contributed by atoms with van der Waals surface area (Å²) in [5.41, 5.74) is 9.47. The van der Waals surface area contributed by atoms with E-state index < -0.39 is 0 Å². The predicted octanol–water partition coefficient (Wildman–Crippen LogP) is 7.25. The molecular weight excluding hydrogens is 334 g/mol. The van der Waals surface area contributed by atoms with Crippen molar-refractivity contribution in [2.45, 2.75) is 0 Å². The summed E-state index contributed by atoms with van der Waals surface area (Å²) < 4.78 is 0. The molecule has 4 rings (SSSR count). The van der Waals surface area contributed by atoms with Crippen LogP contribution in [-0.2, 0) is 0 Å². The van der Waals surface area contributed by atoms with Crippen molar-refractivity contribution in [3.05, 3.63) is 91.0 Å². The summed E-state index contributed by atoms with van der Waals surface area (Å²) >= 11 is 0. The Kier molecular flexibility index (Phi) is 4.66. The van der Waals surface area contributed by atoms with E-state index in [1.807, 2.05) is 66.7 Å². The van der Waals surface area contributed by atoms with Crippen molar-refractivity contribution in [2.24, 2.45) is 20.5 Å². The highest BCUT2D eigenvalue weighted by Crippen LogP contribution is 2.28. The van der Waals surface area contributed by atoms with Crippen LogP contribution in [0.25, 0.3) is 10.8 Å². The first-order valence-electron chi connectivity index (χ1n) is 8.55. The van der Waals surface area contributed by atoms with E-state index in [0.717, 1.165) is 33.5 Å². The van der Waals surface area contributed by atoms with Crippen molar-refractivity contribution in [3.8, 4) is 0 Å². The lowest BCUT2D eigenvalue weighted by Crippen LogP contribution is -1.80. The van der Waals surface area contributed by atoms with Crippen molar-refractivity contribution in [2.75, 3.05) is 5.73 Å². The van der Waals surface area contributed by atoms with Crippen molar-refractivity contribution < 1.29 is 0 Å². The normalized spacial score (nSPS) is 11.6. The van der Waals surface area contributed by atoms with Crippen LogP contribution in [0.5, 0.6) is 0 Å². The number of benzene rings is 4. The topological polar surface area (TPSA) is 75.5 Å². The van der Waals surface area contributed by atoms with Gasteiger partial charge in [-0.2, -0.15) is 15.3 Å². The molecule has 4 aromatic carbocycles. The summed E-state index contributed by atoms with van der Waals surface area (Å²) in [5.74, 6) is 0. The highest BCUT2D eigenvalue weighted by atomic mass is 15.1. The van der Waals surface area contributed by atoms with Gasteiger partial charge >= 0.3 is 0 Å². The summed E-state index contributed by atoms with van der Waals surface area (Å²) in [4.78, 5) is 0. The third kappa shape index (κ3) is 4.04. The lowest BCUT2D eigenvalue weighted by molar-refractivity contribution is 1.21. The Labute approximate surface area is 156 Å². The van der Waals surface area contributed by atoms with Gasteiger partial charge in [0.25, 0.3) is 0 Å². The van der Waals surface area contributed by atoms with Gasteiger partial charge < -0.3 is 5.73 Å². The molecule has 0 fully saturated rings. The second kappa shape index (κ2) is 7.58. The maximum atomic E-state index is 5.66. The van der Waals surface area contributed by atoms with Crippen molar-refractivity contribution in [1.82, 2.24) is 0 Å². The SMILES string of the molecule is Nc1ccc(N=Nc2ccc(N=Nc3cccc4ccccc34)cc2)cc1. The van der Waals surface area contributed by atoms with E-state index in [-0.39, 0.29) is 0 Å². The quantitative estimate of drug-likeness (QED) is 0.305. The first-order chi connectivity index (χ1) is 13.3. The smallest absolute Gasteiger partial charge is 0.0935 e. The highest BCUT2D eigenvalue weighted by molar-refractivity contribution is 5.92. The third-order valence-corrected chi connectivity index (χ3v) is 4.06.